The van der Waals surface area contributed by atoms with Gasteiger partial charge in [-0.2, -0.15) is 0 Å². The van der Waals surface area contributed by atoms with Gasteiger partial charge in [0.1, 0.15) is 0 Å². The first-order chi connectivity index (χ1) is 12.6. The molecule has 4 heteroatoms. The number of para-hydroxylation sites is 1. The summed E-state index contributed by atoms with van der Waals surface area (Å²) < 4.78 is 0. The zero-order valence-corrected chi connectivity index (χ0v) is 15.2. The number of carbonyl (C=O) groups is 1. The van der Waals surface area contributed by atoms with Crippen LogP contribution in [-0.2, 0) is 11.2 Å². The summed E-state index contributed by atoms with van der Waals surface area (Å²) in [7, 11) is 0. The summed E-state index contributed by atoms with van der Waals surface area (Å²) in [5, 5.41) is 0.938. The number of amides is 1. The molecule has 0 aliphatic rings. The number of aromatic nitrogens is 1. The Morgan fingerprint density at radius 3 is 2.42 bits per heavy atom. The van der Waals surface area contributed by atoms with Gasteiger partial charge in [0, 0.05) is 17.6 Å². The van der Waals surface area contributed by atoms with Crippen molar-refractivity contribution < 1.29 is 4.79 Å². The van der Waals surface area contributed by atoms with Crippen LogP contribution in [0.5, 0.6) is 0 Å². The van der Waals surface area contributed by atoms with E-state index < -0.39 is 0 Å². The predicted octanol–water partition coefficient (Wildman–Crippen LogP) is 4.07. The Morgan fingerprint density at radius 2 is 1.73 bits per heavy atom. The zero-order valence-electron chi connectivity index (χ0n) is 15.2. The molecule has 1 N–H and O–H groups in total. The van der Waals surface area contributed by atoms with Gasteiger partial charge in [0.2, 0.25) is 5.91 Å². The van der Waals surface area contributed by atoms with Gasteiger partial charge in [0.15, 0.2) is 0 Å². The number of nitrogens with zero attached hydrogens (tertiary/aromatic N) is 1. The Labute approximate surface area is 153 Å². The molecule has 26 heavy (non-hydrogen) atoms. The minimum atomic E-state index is -0.194. The van der Waals surface area contributed by atoms with Gasteiger partial charge >= 0.3 is 0 Å². The van der Waals surface area contributed by atoms with Crippen LogP contribution in [0.1, 0.15) is 37.4 Å². The number of aromatic amines is 1. The maximum atomic E-state index is 13.0. The second-order valence-electron chi connectivity index (χ2n) is 6.40. The fraction of sp³-hybridized carbons (Fsp3) is 0.273. The molecule has 1 heterocycles. The third-order valence-electron chi connectivity index (χ3n) is 4.78. The number of pyridine rings is 1. The topological polar surface area (TPSA) is 53.2 Å². The molecule has 3 aromatic rings. The van der Waals surface area contributed by atoms with Crippen LogP contribution in [0.2, 0.25) is 0 Å². The molecule has 0 spiro atoms. The predicted molar refractivity (Wildman–Crippen MR) is 105 cm³/mol. The standard InChI is InChI=1S/C22H24N2O2/c1-3-20(16-10-6-5-7-11-16)24(4-2)21(25)15-18-14-17-12-8-9-13-19(17)23-22(18)26/h5-14,20H,3-4,15H2,1-2H3,(H,23,26)/t20-/m1/s1. The highest BCUT2D eigenvalue weighted by molar-refractivity contribution is 5.83. The van der Waals surface area contributed by atoms with Crippen molar-refractivity contribution in [3.63, 3.8) is 0 Å². The van der Waals surface area contributed by atoms with Crippen LogP contribution in [0.4, 0.5) is 0 Å². The normalized spacial score (nSPS) is 12.1. The van der Waals surface area contributed by atoms with Crippen LogP contribution in [0.25, 0.3) is 10.9 Å². The molecule has 134 valence electrons. The van der Waals surface area contributed by atoms with Gasteiger partial charge in [0.25, 0.3) is 5.56 Å². The highest BCUT2D eigenvalue weighted by Crippen LogP contribution is 2.24. The molecule has 3 rings (SSSR count). The number of hydrogen-bond donors (Lipinski definition) is 1. The summed E-state index contributed by atoms with van der Waals surface area (Å²) in [6, 6.07) is 19.5. The molecule has 1 amide bonds. The maximum absolute atomic E-state index is 13.0. The van der Waals surface area contributed by atoms with Gasteiger partial charge in [-0.15, -0.1) is 0 Å². The van der Waals surface area contributed by atoms with Gasteiger partial charge in [-0.3, -0.25) is 9.59 Å². The maximum Gasteiger partial charge on any atom is 0.252 e. The average Bonchev–Trinajstić information content (AvgIpc) is 2.67. The highest BCUT2D eigenvalue weighted by atomic mass is 16.2. The summed E-state index contributed by atoms with van der Waals surface area (Å²) in [4.78, 5) is 30.1. The van der Waals surface area contributed by atoms with Gasteiger partial charge in [-0.25, -0.2) is 0 Å². The molecule has 0 radical (unpaired) electrons. The lowest BCUT2D eigenvalue weighted by Gasteiger charge is -2.30. The van der Waals surface area contributed by atoms with Crippen molar-refractivity contribution in [3.8, 4) is 0 Å². The number of nitrogens with one attached hydrogen (secondary N) is 1. The molecular weight excluding hydrogens is 324 g/mol. The van der Waals surface area contributed by atoms with Crippen LogP contribution < -0.4 is 5.56 Å². The average molecular weight is 348 g/mol. The van der Waals surface area contributed by atoms with Crippen LogP contribution in [0.15, 0.2) is 65.5 Å². The van der Waals surface area contributed by atoms with E-state index in [4.69, 9.17) is 0 Å². The van der Waals surface area contributed by atoms with Crippen molar-refractivity contribution in [2.24, 2.45) is 0 Å². The zero-order chi connectivity index (χ0) is 18.5. The summed E-state index contributed by atoms with van der Waals surface area (Å²) >= 11 is 0. The molecule has 1 atom stereocenters. The first kappa shape index (κ1) is 17.9. The number of hydrogen-bond acceptors (Lipinski definition) is 2. The second-order valence-corrected chi connectivity index (χ2v) is 6.40. The Bertz CT molecular complexity index is 947. The molecule has 0 saturated heterocycles. The second kappa shape index (κ2) is 8.00. The van der Waals surface area contributed by atoms with E-state index in [0.717, 1.165) is 22.9 Å². The van der Waals surface area contributed by atoms with E-state index in [0.29, 0.717) is 12.1 Å². The molecule has 0 aliphatic carbocycles. The van der Waals surface area contributed by atoms with Crippen molar-refractivity contribution in [3.05, 3.63) is 82.1 Å². The monoisotopic (exact) mass is 348 g/mol. The number of benzene rings is 2. The lowest BCUT2D eigenvalue weighted by molar-refractivity contribution is -0.132. The van der Waals surface area contributed by atoms with Crippen LogP contribution in [-0.4, -0.2) is 22.3 Å². The Kier molecular flexibility index (Phi) is 5.52. The molecule has 0 saturated carbocycles. The van der Waals surface area contributed by atoms with Gasteiger partial charge < -0.3 is 9.88 Å². The Balaban J connectivity index is 1.87. The number of fused-ring (bicyclic) bond motifs is 1. The summed E-state index contributed by atoms with van der Waals surface area (Å²) in [6.45, 7) is 4.67. The third-order valence-corrected chi connectivity index (χ3v) is 4.78. The lowest BCUT2D eigenvalue weighted by Crippen LogP contribution is -2.36. The third kappa shape index (κ3) is 3.69. The quantitative estimate of drug-likeness (QED) is 0.730. The largest absolute Gasteiger partial charge is 0.336 e. The SMILES string of the molecule is CC[C@H](c1ccccc1)N(CC)C(=O)Cc1cc2ccccc2[nH]c1=O. The van der Waals surface area contributed by atoms with E-state index in [-0.39, 0.29) is 23.9 Å². The Hall–Kier alpha value is -2.88. The van der Waals surface area contributed by atoms with Gasteiger partial charge in [-0.1, -0.05) is 55.5 Å². The van der Waals surface area contributed by atoms with E-state index in [1.165, 1.54) is 0 Å². The van der Waals surface area contributed by atoms with Crippen LogP contribution in [0, 0.1) is 0 Å². The first-order valence-corrected chi connectivity index (χ1v) is 9.09. The van der Waals surface area contributed by atoms with E-state index in [2.05, 4.69) is 11.9 Å². The molecule has 1 aromatic heterocycles. The fourth-order valence-electron chi connectivity index (χ4n) is 3.47. The summed E-state index contributed by atoms with van der Waals surface area (Å²) in [5.41, 5.74) is 2.23. The van der Waals surface area contributed by atoms with Crippen molar-refractivity contribution in [2.75, 3.05) is 6.54 Å². The molecule has 0 fully saturated rings. The molecule has 0 bridgehead atoms. The van der Waals surface area contributed by atoms with Crippen molar-refractivity contribution in [1.29, 1.82) is 0 Å². The first-order valence-electron chi connectivity index (χ1n) is 9.09. The van der Waals surface area contributed by atoms with E-state index in [1.807, 2.05) is 72.5 Å². The molecular formula is C22H24N2O2. The van der Waals surface area contributed by atoms with Crippen LogP contribution >= 0.6 is 0 Å². The molecule has 0 unspecified atom stereocenters. The van der Waals surface area contributed by atoms with Crippen molar-refractivity contribution in [1.82, 2.24) is 9.88 Å². The smallest absolute Gasteiger partial charge is 0.252 e. The lowest BCUT2D eigenvalue weighted by atomic mass is 10.0. The highest BCUT2D eigenvalue weighted by Gasteiger charge is 2.23. The van der Waals surface area contributed by atoms with Crippen molar-refractivity contribution in [2.45, 2.75) is 32.7 Å². The minimum absolute atomic E-state index is 0.0215. The molecule has 4 nitrogen and oxygen atoms in total. The van der Waals surface area contributed by atoms with Crippen LogP contribution in [0.3, 0.4) is 0 Å². The van der Waals surface area contributed by atoms with Crippen molar-refractivity contribution >= 4 is 16.8 Å². The number of likely N-dealkylation sites (N-methyl/N-ethyl adjacent to an activating group) is 1. The fourth-order valence-corrected chi connectivity index (χ4v) is 3.47. The number of H-pyrrole nitrogens is 1. The Morgan fingerprint density at radius 1 is 1.04 bits per heavy atom. The molecule has 2 aromatic carbocycles. The van der Waals surface area contributed by atoms with Gasteiger partial charge in [0.05, 0.1) is 12.5 Å². The minimum Gasteiger partial charge on any atom is -0.336 e. The van der Waals surface area contributed by atoms with E-state index in [1.54, 1.807) is 0 Å². The summed E-state index contributed by atoms with van der Waals surface area (Å²) in [6.07, 6.45) is 0.939. The summed E-state index contributed by atoms with van der Waals surface area (Å²) in [5.74, 6) is -0.0241. The number of rotatable bonds is 6. The molecule has 0 aliphatic heterocycles. The number of carbonyl (C=O) groups excluding carboxylic acids is 1. The van der Waals surface area contributed by atoms with E-state index in [9.17, 15) is 9.59 Å². The van der Waals surface area contributed by atoms with Gasteiger partial charge in [-0.05, 0) is 36.4 Å². The van der Waals surface area contributed by atoms with E-state index >= 15 is 0 Å².